The van der Waals surface area contributed by atoms with Gasteiger partial charge >= 0.3 is 0 Å². The van der Waals surface area contributed by atoms with E-state index in [9.17, 15) is 4.57 Å². The van der Waals surface area contributed by atoms with Gasteiger partial charge in [-0.1, -0.05) is 22.8 Å². The van der Waals surface area contributed by atoms with E-state index in [1.54, 1.807) is 11.4 Å². The van der Waals surface area contributed by atoms with Crippen molar-refractivity contribution in [3.8, 4) is 12.3 Å². The highest BCUT2D eigenvalue weighted by molar-refractivity contribution is 8.91. The van der Waals surface area contributed by atoms with Crippen LogP contribution in [0.1, 0.15) is 13.8 Å². The summed E-state index contributed by atoms with van der Waals surface area (Å²) in [6.45, 7) is 5.99. The summed E-state index contributed by atoms with van der Waals surface area (Å²) in [4.78, 5) is 0. The van der Waals surface area contributed by atoms with Crippen molar-refractivity contribution < 1.29 is 4.57 Å². The van der Waals surface area contributed by atoms with Crippen molar-refractivity contribution in [1.29, 1.82) is 0 Å². The normalized spacial score (nSPS) is 40.3. The van der Waals surface area contributed by atoms with E-state index in [-0.39, 0.29) is 10.7 Å². The van der Waals surface area contributed by atoms with Gasteiger partial charge in [-0.2, -0.15) is 0 Å². The summed E-state index contributed by atoms with van der Waals surface area (Å²) in [6, 6.07) is 0. The van der Waals surface area contributed by atoms with Gasteiger partial charge in [-0.05, 0) is 13.8 Å². The van der Waals surface area contributed by atoms with Gasteiger partial charge in [0.2, 0.25) is 0 Å². The van der Waals surface area contributed by atoms with Gasteiger partial charge in [0.1, 0.15) is 0 Å². The standard InChI is InChI=1S/C8H13OPS2/c1-5-7-6-11-10(4,9)12-8(7,2)3/h1,7H,6H2,2-4H3. The Kier molecular flexibility index (Phi) is 2.93. The van der Waals surface area contributed by atoms with Gasteiger partial charge in [0, 0.05) is 23.1 Å². The van der Waals surface area contributed by atoms with Crippen molar-refractivity contribution in [1.82, 2.24) is 0 Å². The van der Waals surface area contributed by atoms with Gasteiger partial charge < -0.3 is 4.57 Å². The van der Waals surface area contributed by atoms with Crippen LogP contribution in [0.25, 0.3) is 0 Å². The Morgan fingerprint density at radius 2 is 2.25 bits per heavy atom. The summed E-state index contributed by atoms with van der Waals surface area (Å²) in [6.07, 6.45) is 5.40. The molecule has 1 aliphatic heterocycles. The lowest BCUT2D eigenvalue weighted by molar-refractivity contribution is 0.574. The first kappa shape index (κ1) is 10.6. The molecule has 0 spiro atoms. The lowest BCUT2D eigenvalue weighted by atomic mass is 9.98. The maximum atomic E-state index is 11.8. The zero-order valence-electron chi connectivity index (χ0n) is 7.53. The molecule has 0 bridgehead atoms. The fourth-order valence-electron chi connectivity index (χ4n) is 1.18. The molecular formula is C8H13OPS2. The summed E-state index contributed by atoms with van der Waals surface area (Å²) in [5.41, 5.74) is -2.02. The minimum absolute atomic E-state index is 0.0235. The van der Waals surface area contributed by atoms with Gasteiger partial charge in [0.25, 0.3) is 0 Å². The number of terminal acetylenes is 1. The molecular weight excluding hydrogens is 207 g/mol. The lowest BCUT2D eigenvalue weighted by Crippen LogP contribution is -2.30. The van der Waals surface area contributed by atoms with Crippen molar-refractivity contribution in [3.05, 3.63) is 0 Å². The highest BCUT2D eigenvalue weighted by atomic mass is 33.1. The van der Waals surface area contributed by atoms with Crippen LogP contribution in [0.5, 0.6) is 0 Å². The van der Waals surface area contributed by atoms with Crippen LogP contribution in [-0.2, 0) is 4.57 Å². The Hall–Kier alpha value is 0.490. The number of rotatable bonds is 0. The smallest absolute Gasteiger partial charge is 0.188 e. The molecule has 1 nitrogen and oxygen atoms in total. The predicted molar refractivity (Wildman–Crippen MR) is 60.0 cm³/mol. The number of hydrogen-bond acceptors (Lipinski definition) is 3. The molecule has 1 fully saturated rings. The maximum Gasteiger partial charge on any atom is 0.188 e. The van der Waals surface area contributed by atoms with E-state index in [0.717, 1.165) is 5.75 Å². The molecule has 1 aliphatic rings. The minimum Gasteiger partial charge on any atom is -0.301 e. The van der Waals surface area contributed by atoms with E-state index in [4.69, 9.17) is 6.42 Å². The van der Waals surface area contributed by atoms with Crippen molar-refractivity contribution >= 4 is 28.3 Å². The molecule has 0 saturated carbocycles. The molecule has 2 atom stereocenters. The third kappa shape index (κ3) is 2.25. The highest BCUT2D eigenvalue weighted by Gasteiger charge is 2.40. The molecule has 2 unspecified atom stereocenters. The first-order chi connectivity index (χ1) is 5.37. The first-order valence-electron chi connectivity index (χ1n) is 3.76. The molecule has 1 heterocycles. The SMILES string of the molecule is C#CC1CSP(C)(=O)SC1(C)C. The predicted octanol–water partition coefficient (Wildman–Crippen LogP) is 3.32. The third-order valence-electron chi connectivity index (χ3n) is 1.92. The van der Waals surface area contributed by atoms with E-state index >= 15 is 0 Å². The second-order valence-electron chi connectivity index (χ2n) is 3.48. The summed E-state index contributed by atoms with van der Waals surface area (Å²) < 4.78 is 11.7. The Morgan fingerprint density at radius 1 is 1.67 bits per heavy atom. The van der Waals surface area contributed by atoms with E-state index in [2.05, 4.69) is 19.8 Å². The van der Waals surface area contributed by atoms with Crippen molar-refractivity contribution in [2.45, 2.75) is 18.6 Å². The van der Waals surface area contributed by atoms with E-state index in [0.29, 0.717) is 0 Å². The zero-order chi connectivity index (χ0) is 9.41. The molecule has 0 aliphatic carbocycles. The third-order valence-corrected chi connectivity index (χ3v) is 9.84. The molecule has 4 heteroatoms. The Balaban J connectivity index is 2.83. The molecule has 12 heavy (non-hydrogen) atoms. The second-order valence-corrected chi connectivity index (χ2v) is 13.0. The van der Waals surface area contributed by atoms with Crippen LogP contribution >= 0.6 is 28.3 Å². The van der Waals surface area contributed by atoms with Crippen LogP contribution < -0.4 is 0 Å². The monoisotopic (exact) mass is 220 g/mol. The fraction of sp³-hybridized carbons (Fsp3) is 0.750. The van der Waals surface area contributed by atoms with Gasteiger partial charge in [-0.25, -0.2) is 0 Å². The lowest BCUT2D eigenvalue weighted by Gasteiger charge is -2.37. The molecule has 0 aromatic heterocycles. The largest absolute Gasteiger partial charge is 0.301 e. The van der Waals surface area contributed by atoms with Crippen molar-refractivity contribution in [2.75, 3.05) is 12.4 Å². The van der Waals surface area contributed by atoms with Gasteiger partial charge in [0.15, 0.2) is 5.55 Å². The van der Waals surface area contributed by atoms with Crippen LogP contribution in [0.2, 0.25) is 0 Å². The molecule has 0 amide bonds. The molecule has 0 aromatic rings. The van der Waals surface area contributed by atoms with Crippen LogP contribution in [0.4, 0.5) is 0 Å². The Bertz CT molecular complexity index is 267. The maximum absolute atomic E-state index is 11.8. The summed E-state index contributed by atoms with van der Waals surface area (Å²) in [5, 5.41) is 0. The molecule has 0 N–H and O–H groups in total. The Morgan fingerprint density at radius 3 is 2.67 bits per heavy atom. The summed E-state index contributed by atoms with van der Waals surface area (Å²) in [7, 11) is 0. The molecule has 1 saturated heterocycles. The van der Waals surface area contributed by atoms with Crippen molar-refractivity contribution in [3.63, 3.8) is 0 Å². The average molecular weight is 220 g/mol. The van der Waals surface area contributed by atoms with E-state index in [1.165, 1.54) is 11.4 Å². The van der Waals surface area contributed by atoms with Gasteiger partial charge in [0.05, 0.1) is 0 Å². The van der Waals surface area contributed by atoms with Gasteiger partial charge in [-0.3, -0.25) is 0 Å². The summed E-state index contributed by atoms with van der Waals surface area (Å²) in [5.74, 6) is 3.85. The zero-order valence-corrected chi connectivity index (χ0v) is 10.1. The quantitative estimate of drug-likeness (QED) is 0.460. The van der Waals surface area contributed by atoms with E-state index in [1.807, 2.05) is 6.66 Å². The van der Waals surface area contributed by atoms with E-state index < -0.39 is 5.55 Å². The van der Waals surface area contributed by atoms with Crippen molar-refractivity contribution in [2.24, 2.45) is 5.92 Å². The molecule has 0 radical (unpaired) electrons. The van der Waals surface area contributed by atoms with Crippen LogP contribution in [-0.4, -0.2) is 17.2 Å². The fourth-order valence-corrected chi connectivity index (χ4v) is 10.5. The second kappa shape index (κ2) is 3.33. The molecule has 1 rings (SSSR count). The topological polar surface area (TPSA) is 17.1 Å². The van der Waals surface area contributed by atoms with Crippen LogP contribution in [0.3, 0.4) is 0 Å². The highest BCUT2D eigenvalue weighted by Crippen LogP contribution is 2.74. The summed E-state index contributed by atoms with van der Waals surface area (Å²) >= 11 is 3.09. The van der Waals surface area contributed by atoms with Gasteiger partial charge in [-0.15, -0.1) is 12.3 Å². The number of hydrogen-bond donors (Lipinski definition) is 0. The Labute approximate surface area is 82.3 Å². The first-order valence-corrected chi connectivity index (χ1v) is 8.93. The molecule has 0 aromatic carbocycles. The minimum atomic E-state index is -2.02. The average Bonchev–Trinajstić information content (AvgIpc) is 1.83. The van der Waals surface area contributed by atoms with Crippen LogP contribution in [0.15, 0.2) is 0 Å². The van der Waals surface area contributed by atoms with Crippen LogP contribution in [0, 0.1) is 18.3 Å². The molecule has 68 valence electrons.